The van der Waals surface area contributed by atoms with E-state index in [1.807, 2.05) is 26.0 Å². The third-order valence-electron chi connectivity index (χ3n) is 4.55. The van der Waals surface area contributed by atoms with E-state index in [0.717, 1.165) is 24.3 Å². The molecule has 0 amide bonds. The fourth-order valence-corrected chi connectivity index (χ4v) is 3.29. The van der Waals surface area contributed by atoms with Crippen LogP contribution in [0.4, 0.5) is 0 Å². The predicted molar refractivity (Wildman–Crippen MR) is 91.7 cm³/mol. The molecule has 3 heterocycles. The fourth-order valence-electron chi connectivity index (χ4n) is 3.29. The van der Waals surface area contributed by atoms with Gasteiger partial charge >= 0.3 is 5.97 Å². The number of tetrazole rings is 1. The highest BCUT2D eigenvalue weighted by molar-refractivity contribution is 5.71. The molecule has 2 aromatic heterocycles. The normalized spacial score (nSPS) is 16.7. The molecule has 8 nitrogen and oxygen atoms in total. The molecular weight excluding hydrogens is 320 g/mol. The molecular formula is C17H22N6O2. The first-order valence-corrected chi connectivity index (χ1v) is 8.37. The number of nitrogens with one attached hydrogen (secondary N) is 2. The Morgan fingerprint density at radius 2 is 2.20 bits per heavy atom. The lowest BCUT2D eigenvalue weighted by Gasteiger charge is -2.24. The zero-order chi connectivity index (χ0) is 17.8. The number of pyridine rings is 1. The van der Waals surface area contributed by atoms with E-state index in [1.54, 1.807) is 6.20 Å². The van der Waals surface area contributed by atoms with Crippen molar-refractivity contribution in [2.24, 2.45) is 11.8 Å². The lowest BCUT2D eigenvalue weighted by molar-refractivity contribution is -0.144. The van der Waals surface area contributed by atoms with Gasteiger partial charge in [0, 0.05) is 25.2 Å². The van der Waals surface area contributed by atoms with Crippen molar-refractivity contribution in [2.45, 2.75) is 26.2 Å². The first kappa shape index (κ1) is 17.2. The number of aromatic nitrogens is 5. The van der Waals surface area contributed by atoms with E-state index in [4.69, 9.17) is 0 Å². The standard InChI is InChI=1S/C17H22N6O2/c1-10(2)15(17(24)25)13(16-20-22-23-21-16)7-11-3-4-14(19-8-11)12-5-6-18-9-12/h3-5,8,10,13,15,18H,6-7,9H2,1-2H3,(H,24,25)(H,20,21,22,23). The number of aromatic amines is 1. The maximum Gasteiger partial charge on any atom is 0.307 e. The Hall–Kier alpha value is -2.61. The lowest BCUT2D eigenvalue weighted by atomic mass is 9.79. The number of carbonyl (C=O) groups is 1. The minimum Gasteiger partial charge on any atom is -0.481 e. The Morgan fingerprint density at radius 3 is 2.72 bits per heavy atom. The highest BCUT2D eigenvalue weighted by Gasteiger charge is 2.35. The maximum absolute atomic E-state index is 11.8. The summed E-state index contributed by atoms with van der Waals surface area (Å²) in [5.41, 5.74) is 3.09. The highest BCUT2D eigenvalue weighted by Crippen LogP contribution is 2.31. The molecule has 0 saturated carbocycles. The number of carboxylic acid groups (broad SMARTS) is 1. The summed E-state index contributed by atoms with van der Waals surface area (Å²) in [5, 5.41) is 27.0. The van der Waals surface area contributed by atoms with E-state index in [0.29, 0.717) is 12.2 Å². The van der Waals surface area contributed by atoms with Crippen LogP contribution in [0.25, 0.3) is 5.57 Å². The number of carboxylic acids is 1. The second kappa shape index (κ2) is 7.52. The predicted octanol–water partition coefficient (Wildman–Crippen LogP) is 1.26. The summed E-state index contributed by atoms with van der Waals surface area (Å²) in [4.78, 5) is 16.3. The summed E-state index contributed by atoms with van der Waals surface area (Å²) in [6, 6.07) is 3.97. The molecule has 2 aromatic rings. The monoisotopic (exact) mass is 342 g/mol. The summed E-state index contributed by atoms with van der Waals surface area (Å²) < 4.78 is 0. The van der Waals surface area contributed by atoms with Gasteiger partial charge in [0.05, 0.1) is 11.6 Å². The van der Waals surface area contributed by atoms with Crippen LogP contribution in [0, 0.1) is 11.8 Å². The van der Waals surface area contributed by atoms with Crippen molar-refractivity contribution in [2.75, 3.05) is 13.1 Å². The van der Waals surface area contributed by atoms with Crippen LogP contribution < -0.4 is 5.32 Å². The van der Waals surface area contributed by atoms with E-state index in [1.165, 1.54) is 5.57 Å². The van der Waals surface area contributed by atoms with Crippen molar-refractivity contribution in [3.8, 4) is 0 Å². The molecule has 0 saturated heterocycles. The SMILES string of the molecule is CC(C)C(C(=O)O)C(Cc1ccc(C2=CCNC2)nc1)c1nn[nH]n1. The van der Waals surface area contributed by atoms with Crippen molar-refractivity contribution in [3.63, 3.8) is 0 Å². The van der Waals surface area contributed by atoms with Crippen molar-refractivity contribution < 1.29 is 9.90 Å². The number of hydrogen-bond donors (Lipinski definition) is 3. The summed E-state index contributed by atoms with van der Waals surface area (Å²) >= 11 is 0. The molecule has 0 fully saturated rings. The first-order valence-electron chi connectivity index (χ1n) is 8.37. The molecule has 1 aliphatic rings. The molecule has 0 aromatic carbocycles. The van der Waals surface area contributed by atoms with E-state index in [-0.39, 0.29) is 11.8 Å². The van der Waals surface area contributed by atoms with Crippen LogP contribution in [-0.2, 0) is 11.2 Å². The minimum absolute atomic E-state index is 0.0528. The Kier molecular flexibility index (Phi) is 5.18. The second-order valence-electron chi connectivity index (χ2n) is 6.60. The molecule has 25 heavy (non-hydrogen) atoms. The van der Waals surface area contributed by atoms with Crippen molar-refractivity contribution in [1.29, 1.82) is 0 Å². The molecule has 8 heteroatoms. The number of nitrogens with zero attached hydrogens (tertiary/aromatic N) is 4. The second-order valence-corrected chi connectivity index (χ2v) is 6.60. The molecule has 3 rings (SSSR count). The van der Waals surface area contributed by atoms with Crippen molar-refractivity contribution in [3.05, 3.63) is 41.5 Å². The average molecular weight is 342 g/mol. The summed E-state index contributed by atoms with van der Waals surface area (Å²) in [6.45, 7) is 5.49. The number of rotatable bonds is 7. The third-order valence-corrected chi connectivity index (χ3v) is 4.55. The molecule has 3 N–H and O–H groups in total. The maximum atomic E-state index is 11.8. The molecule has 0 spiro atoms. The first-order chi connectivity index (χ1) is 12.1. The number of H-pyrrole nitrogens is 1. The Bertz CT molecular complexity index is 739. The average Bonchev–Trinajstić information content (AvgIpc) is 3.28. The van der Waals surface area contributed by atoms with Crippen LogP contribution >= 0.6 is 0 Å². The molecule has 2 unspecified atom stereocenters. The van der Waals surface area contributed by atoms with Crippen LogP contribution in [0.2, 0.25) is 0 Å². The van der Waals surface area contributed by atoms with Crippen molar-refractivity contribution in [1.82, 2.24) is 30.9 Å². The van der Waals surface area contributed by atoms with Gasteiger partial charge in [-0.1, -0.05) is 31.2 Å². The van der Waals surface area contributed by atoms with Gasteiger partial charge < -0.3 is 10.4 Å². The van der Waals surface area contributed by atoms with E-state index < -0.39 is 11.9 Å². The molecule has 0 bridgehead atoms. The topological polar surface area (TPSA) is 117 Å². The molecule has 2 atom stereocenters. The smallest absolute Gasteiger partial charge is 0.307 e. The van der Waals surface area contributed by atoms with Gasteiger partial charge in [0.25, 0.3) is 0 Å². The quantitative estimate of drug-likeness (QED) is 0.693. The van der Waals surface area contributed by atoms with Crippen LogP contribution in [0.15, 0.2) is 24.4 Å². The van der Waals surface area contributed by atoms with E-state index in [2.05, 4.69) is 37.0 Å². The van der Waals surface area contributed by atoms with Gasteiger partial charge in [0.1, 0.15) is 0 Å². The van der Waals surface area contributed by atoms with E-state index >= 15 is 0 Å². The van der Waals surface area contributed by atoms with Gasteiger partial charge in [-0.25, -0.2) is 0 Å². The zero-order valence-electron chi connectivity index (χ0n) is 14.3. The van der Waals surface area contributed by atoms with Crippen LogP contribution in [0.1, 0.15) is 36.8 Å². The summed E-state index contributed by atoms with van der Waals surface area (Å²) in [5.74, 6) is -1.44. The number of hydrogen-bond acceptors (Lipinski definition) is 6. The third kappa shape index (κ3) is 3.90. The lowest BCUT2D eigenvalue weighted by Crippen LogP contribution is -2.29. The minimum atomic E-state index is -0.850. The van der Waals surface area contributed by atoms with Crippen LogP contribution in [0.3, 0.4) is 0 Å². The molecule has 132 valence electrons. The zero-order valence-corrected chi connectivity index (χ0v) is 14.3. The van der Waals surface area contributed by atoms with Gasteiger partial charge in [-0.15, -0.1) is 10.2 Å². The van der Waals surface area contributed by atoms with Gasteiger partial charge in [0.15, 0.2) is 5.82 Å². The Morgan fingerprint density at radius 1 is 1.36 bits per heavy atom. The van der Waals surface area contributed by atoms with Gasteiger partial charge in [-0.05, 0) is 29.5 Å². The van der Waals surface area contributed by atoms with Gasteiger partial charge in [-0.3, -0.25) is 9.78 Å². The molecule has 1 aliphatic heterocycles. The van der Waals surface area contributed by atoms with Crippen LogP contribution in [0.5, 0.6) is 0 Å². The van der Waals surface area contributed by atoms with Crippen LogP contribution in [-0.4, -0.2) is 49.8 Å². The van der Waals surface area contributed by atoms with Crippen molar-refractivity contribution >= 4 is 11.5 Å². The van der Waals surface area contributed by atoms with Gasteiger partial charge in [-0.2, -0.15) is 5.21 Å². The highest BCUT2D eigenvalue weighted by atomic mass is 16.4. The number of aliphatic carboxylic acids is 1. The Labute approximate surface area is 145 Å². The molecule has 0 aliphatic carbocycles. The largest absolute Gasteiger partial charge is 0.481 e. The molecule has 0 radical (unpaired) electrons. The van der Waals surface area contributed by atoms with Gasteiger partial charge in [0.2, 0.25) is 0 Å². The summed E-state index contributed by atoms with van der Waals surface area (Å²) in [6.07, 6.45) is 4.43. The fraction of sp³-hybridized carbons (Fsp3) is 0.471. The Balaban J connectivity index is 1.83. The summed E-state index contributed by atoms with van der Waals surface area (Å²) in [7, 11) is 0. The van der Waals surface area contributed by atoms with E-state index in [9.17, 15) is 9.90 Å².